The smallest absolute Gasteiger partial charge is 0.178 e. The average Bonchev–Trinajstić information content (AvgIpc) is 2.91. The molecule has 3 rings (SSSR count). The Morgan fingerprint density at radius 2 is 2.00 bits per heavy atom. The van der Waals surface area contributed by atoms with Crippen molar-refractivity contribution >= 4 is 11.2 Å². The van der Waals surface area contributed by atoms with Gasteiger partial charge in [0.2, 0.25) is 0 Å². The molecule has 3 aromatic heterocycles. The van der Waals surface area contributed by atoms with Gasteiger partial charge in [-0.25, -0.2) is 9.97 Å². The van der Waals surface area contributed by atoms with Crippen LogP contribution in [-0.4, -0.2) is 24.7 Å². The number of fused-ring (bicyclic) bond motifs is 1. The fourth-order valence-electron chi connectivity index (χ4n) is 2.09. The summed E-state index contributed by atoms with van der Waals surface area (Å²) in [6.45, 7) is 6.85. The van der Waals surface area contributed by atoms with Gasteiger partial charge in [-0.05, 0) is 39.0 Å². The van der Waals surface area contributed by atoms with E-state index in [2.05, 4.69) is 27.0 Å². The number of aromatic amines is 1. The number of imidazole rings is 1. The summed E-state index contributed by atoms with van der Waals surface area (Å²) in [5.74, 6) is 0.825. The maximum absolute atomic E-state index is 4.54. The minimum absolute atomic E-state index is 0.756. The van der Waals surface area contributed by atoms with E-state index in [1.807, 2.05) is 36.7 Å². The number of pyridine rings is 1. The van der Waals surface area contributed by atoms with Crippen LogP contribution in [0.5, 0.6) is 0 Å². The van der Waals surface area contributed by atoms with E-state index in [0.29, 0.717) is 0 Å². The Hall–Kier alpha value is -2.17. The predicted molar refractivity (Wildman–Crippen MR) is 70.3 cm³/mol. The van der Waals surface area contributed by atoms with Crippen LogP contribution in [0.4, 0.5) is 0 Å². The van der Waals surface area contributed by atoms with E-state index in [1.165, 1.54) is 0 Å². The topological polar surface area (TPSA) is 59.4 Å². The zero-order valence-electron chi connectivity index (χ0n) is 10.7. The fraction of sp³-hybridized carbons (Fsp3) is 0.308. The van der Waals surface area contributed by atoms with E-state index in [9.17, 15) is 0 Å². The summed E-state index contributed by atoms with van der Waals surface area (Å²) in [5, 5.41) is 4.43. The number of H-pyrrole nitrogens is 1. The van der Waals surface area contributed by atoms with E-state index < -0.39 is 0 Å². The van der Waals surface area contributed by atoms with Crippen molar-refractivity contribution in [3.63, 3.8) is 0 Å². The van der Waals surface area contributed by atoms with Gasteiger partial charge < -0.3 is 4.98 Å². The number of hydrogen-bond donors (Lipinski definition) is 1. The molecule has 0 saturated heterocycles. The summed E-state index contributed by atoms with van der Waals surface area (Å²) in [6.07, 6.45) is 0. The minimum Gasteiger partial charge on any atom is -0.335 e. The Bertz CT molecular complexity index is 707. The number of rotatable bonds is 2. The molecule has 0 spiro atoms. The van der Waals surface area contributed by atoms with Gasteiger partial charge in [0.05, 0.1) is 11.2 Å². The highest BCUT2D eigenvalue weighted by molar-refractivity contribution is 5.75. The van der Waals surface area contributed by atoms with Crippen LogP contribution in [0.2, 0.25) is 0 Å². The van der Waals surface area contributed by atoms with Crippen molar-refractivity contribution < 1.29 is 0 Å². The highest BCUT2D eigenvalue weighted by atomic mass is 15.3. The Morgan fingerprint density at radius 1 is 1.17 bits per heavy atom. The first-order chi connectivity index (χ1) is 8.67. The lowest BCUT2D eigenvalue weighted by Gasteiger charge is -1.99. The summed E-state index contributed by atoms with van der Waals surface area (Å²) in [4.78, 5) is 12.2. The minimum atomic E-state index is 0.756. The molecule has 3 aromatic rings. The molecule has 18 heavy (non-hydrogen) atoms. The highest BCUT2D eigenvalue weighted by Gasteiger charge is 2.11. The van der Waals surface area contributed by atoms with E-state index in [1.54, 1.807) is 0 Å². The molecule has 0 aromatic carbocycles. The van der Waals surface area contributed by atoms with E-state index in [-0.39, 0.29) is 0 Å². The van der Waals surface area contributed by atoms with Crippen molar-refractivity contribution in [2.45, 2.75) is 27.3 Å². The molecule has 0 fully saturated rings. The second-order valence-corrected chi connectivity index (χ2v) is 4.40. The van der Waals surface area contributed by atoms with Gasteiger partial charge >= 0.3 is 0 Å². The first kappa shape index (κ1) is 11.0. The molecule has 0 aliphatic carbocycles. The molecule has 1 N–H and O–H groups in total. The Labute approximate surface area is 105 Å². The standard InChI is InChI=1S/C13H15N5/c1-4-18-11(7-9(3)17-18)13-15-10-6-5-8(2)14-12(10)16-13/h5-7H,4H2,1-3H3,(H,14,15,16). The molecule has 0 amide bonds. The lowest BCUT2D eigenvalue weighted by Crippen LogP contribution is -1.99. The van der Waals surface area contributed by atoms with Gasteiger partial charge in [-0.2, -0.15) is 5.10 Å². The summed E-state index contributed by atoms with van der Waals surface area (Å²) in [7, 11) is 0. The summed E-state index contributed by atoms with van der Waals surface area (Å²) >= 11 is 0. The van der Waals surface area contributed by atoms with Crippen LogP contribution >= 0.6 is 0 Å². The number of nitrogens with zero attached hydrogens (tertiary/aromatic N) is 4. The quantitative estimate of drug-likeness (QED) is 0.749. The van der Waals surface area contributed by atoms with Gasteiger partial charge in [0.15, 0.2) is 11.5 Å². The van der Waals surface area contributed by atoms with Gasteiger partial charge in [-0.3, -0.25) is 4.68 Å². The van der Waals surface area contributed by atoms with Gasteiger partial charge in [0.25, 0.3) is 0 Å². The third-order valence-electron chi connectivity index (χ3n) is 2.93. The lowest BCUT2D eigenvalue weighted by atomic mass is 10.3. The van der Waals surface area contributed by atoms with Crippen molar-refractivity contribution in [1.82, 2.24) is 24.7 Å². The molecule has 0 saturated carbocycles. The lowest BCUT2D eigenvalue weighted by molar-refractivity contribution is 0.658. The summed E-state index contributed by atoms with van der Waals surface area (Å²) < 4.78 is 1.94. The second-order valence-electron chi connectivity index (χ2n) is 4.40. The van der Waals surface area contributed by atoms with Crippen LogP contribution in [0.1, 0.15) is 18.3 Å². The number of aromatic nitrogens is 5. The van der Waals surface area contributed by atoms with Crippen molar-refractivity contribution in [2.75, 3.05) is 0 Å². The first-order valence-corrected chi connectivity index (χ1v) is 6.05. The maximum Gasteiger partial charge on any atom is 0.178 e. The molecule has 0 bridgehead atoms. The molecule has 5 heteroatoms. The molecular formula is C13H15N5. The Balaban J connectivity index is 2.18. The van der Waals surface area contributed by atoms with Crippen molar-refractivity contribution in [3.05, 3.63) is 29.6 Å². The van der Waals surface area contributed by atoms with Gasteiger partial charge in [0.1, 0.15) is 5.69 Å². The van der Waals surface area contributed by atoms with Crippen molar-refractivity contribution in [1.29, 1.82) is 0 Å². The number of nitrogens with one attached hydrogen (secondary N) is 1. The Kier molecular flexibility index (Phi) is 2.40. The average molecular weight is 241 g/mol. The molecule has 0 atom stereocenters. The molecule has 0 aliphatic rings. The zero-order valence-corrected chi connectivity index (χ0v) is 10.7. The summed E-state index contributed by atoms with van der Waals surface area (Å²) in [6, 6.07) is 6.02. The van der Waals surface area contributed by atoms with Gasteiger partial charge in [-0.15, -0.1) is 0 Å². The fourth-order valence-corrected chi connectivity index (χ4v) is 2.09. The van der Waals surface area contributed by atoms with E-state index >= 15 is 0 Å². The molecule has 0 aliphatic heterocycles. The van der Waals surface area contributed by atoms with Crippen LogP contribution in [0, 0.1) is 13.8 Å². The van der Waals surface area contributed by atoms with E-state index in [0.717, 1.165) is 40.6 Å². The maximum atomic E-state index is 4.54. The molecular weight excluding hydrogens is 226 g/mol. The van der Waals surface area contributed by atoms with Crippen LogP contribution in [0.15, 0.2) is 18.2 Å². The van der Waals surface area contributed by atoms with Crippen LogP contribution in [-0.2, 0) is 6.54 Å². The summed E-state index contributed by atoms with van der Waals surface area (Å²) in [5.41, 5.74) is 4.69. The van der Waals surface area contributed by atoms with E-state index in [4.69, 9.17) is 0 Å². The monoisotopic (exact) mass is 241 g/mol. The SMILES string of the molecule is CCn1nc(C)cc1-c1nc2nc(C)ccc2[nH]1. The number of hydrogen-bond acceptors (Lipinski definition) is 3. The normalized spacial score (nSPS) is 11.3. The Morgan fingerprint density at radius 3 is 2.78 bits per heavy atom. The van der Waals surface area contributed by atoms with Crippen LogP contribution in [0.25, 0.3) is 22.7 Å². The first-order valence-electron chi connectivity index (χ1n) is 6.05. The van der Waals surface area contributed by atoms with Crippen LogP contribution < -0.4 is 0 Å². The molecule has 92 valence electrons. The van der Waals surface area contributed by atoms with Gasteiger partial charge in [0, 0.05) is 12.2 Å². The number of aryl methyl sites for hydroxylation is 3. The highest BCUT2D eigenvalue weighted by Crippen LogP contribution is 2.20. The van der Waals surface area contributed by atoms with Crippen molar-refractivity contribution in [2.24, 2.45) is 0 Å². The molecule has 5 nitrogen and oxygen atoms in total. The second kappa shape index (κ2) is 3.94. The van der Waals surface area contributed by atoms with Crippen LogP contribution in [0.3, 0.4) is 0 Å². The molecule has 0 radical (unpaired) electrons. The zero-order chi connectivity index (χ0) is 12.7. The third kappa shape index (κ3) is 1.68. The van der Waals surface area contributed by atoms with Crippen molar-refractivity contribution in [3.8, 4) is 11.5 Å². The third-order valence-corrected chi connectivity index (χ3v) is 2.93. The molecule has 3 heterocycles. The largest absolute Gasteiger partial charge is 0.335 e. The van der Waals surface area contributed by atoms with Gasteiger partial charge in [-0.1, -0.05) is 0 Å². The molecule has 0 unspecified atom stereocenters. The predicted octanol–water partition coefficient (Wildman–Crippen LogP) is 2.46.